The van der Waals surface area contributed by atoms with E-state index in [1.54, 1.807) is 6.08 Å². The van der Waals surface area contributed by atoms with Crippen LogP contribution in [0.5, 0.6) is 0 Å². The highest BCUT2D eigenvalue weighted by molar-refractivity contribution is 6.03. The van der Waals surface area contributed by atoms with Gasteiger partial charge < -0.3 is 4.42 Å². The highest BCUT2D eigenvalue weighted by Crippen LogP contribution is 2.39. The van der Waals surface area contributed by atoms with E-state index in [4.69, 9.17) is 19.4 Å². The summed E-state index contributed by atoms with van der Waals surface area (Å²) in [7, 11) is 0. The fourth-order valence-corrected chi connectivity index (χ4v) is 4.85. The number of hydrogen-bond donors (Lipinski definition) is 0. The molecule has 192 valence electrons. The molecule has 0 fully saturated rings. The largest absolute Gasteiger partial charge is 0.461 e. The van der Waals surface area contributed by atoms with Crippen LogP contribution in [-0.2, 0) is 0 Å². The van der Waals surface area contributed by atoms with Crippen LogP contribution in [0.4, 0.5) is 0 Å². The van der Waals surface area contributed by atoms with Gasteiger partial charge in [-0.05, 0) is 24.1 Å². The molecule has 0 atom stereocenters. The maximum Gasteiger partial charge on any atom is 0.164 e. The minimum Gasteiger partial charge on any atom is -0.461 e. The van der Waals surface area contributed by atoms with Crippen molar-refractivity contribution in [2.24, 2.45) is 0 Å². The Morgan fingerprint density at radius 1 is 0.575 bits per heavy atom. The van der Waals surface area contributed by atoms with E-state index in [0.717, 1.165) is 50.1 Å². The normalized spacial score (nSPS) is 11.5. The second kappa shape index (κ2) is 11.2. The van der Waals surface area contributed by atoms with Crippen LogP contribution in [0.2, 0.25) is 0 Å². The van der Waals surface area contributed by atoms with Crippen LogP contribution in [0.1, 0.15) is 11.3 Å². The van der Waals surface area contributed by atoms with Gasteiger partial charge in [0, 0.05) is 27.6 Å². The van der Waals surface area contributed by atoms with Crippen molar-refractivity contribution in [1.82, 2.24) is 15.0 Å². The van der Waals surface area contributed by atoms with Crippen LogP contribution in [0.25, 0.3) is 62.3 Å². The van der Waals surface area contributed by atoms with Gasteiger partial charge in [0.05, 0.1) is 0 Å². The van der Waals surface area contributed by atoms with Gasteiger partial charge in [-0.1, -0.05) is 134 Å². The summed E-state index contributed by atoms with van der Waals surface area (Å²) in [5.41, 5.74) is 6.76. The average molecular weight is 518 g/mol. The van der Waals surface area contributed by atoms with Gasteiger partial charge in [0.25, 0.3) is 0 Å². The van der Waals surface area contributed by atoms with E-state index in [2.05, 4.69) is 30.9 Å². The zero-order valence-corrected chi connectivity index (χ0v) is 22.2. The van der Waals surface area contributed by atoms with E-state index in [-0.39, 0.29) is 0 Å². The third-order valence-electron chi connectivity index (χ3n) is 6.72. The summed E-state index contributed by atoms with van der Waals surface area (Å²) in [4.78, 5) is 14.8. The van der Waals surface area contributed by atoms with Crippen molar-refractivity contribution in [3.8, 4) is 45.3 Å². The van der Waals surface area contributed by atoms with Gasteiger partial charge in [-0.2, -0.15) is 0 Å². The molecule has 4 aromatic carbocycles. The van der Waals surface area contributed by atoms with Gasteiger partial charge in [0.1, 0.15) is 11.3 Å². The molecule has 0 saturated heterocycles. The summed E-state index contributed by atoms with van der Waals surface area (Å²) < 4.78 is 6.18. The summed E-state index contributed by atoms with van der Waals surface area (Å²) in [6, 6.07) is 34.5. The highest BCUT2D eigenvalue weighted by atomic mass is 16.3. The Morgan fingerprint density at radius 3 is 1.80 bits per heavy atom. The van der Waals surface area contributed by atoms with Crippen molar-refractivity contribution in [2.75, 3.05) is 0 Å². The molecule has 0 aliphatic heterocycles. The van der Waals surface area contributed by atoms with Gasteiger partial charge >= 0.3 is 0 Å². The van der Waals surface area contributed by atoms with Gasteiger partial charge in [-0.15, -0.1) is 0 Å². The highest BCUT2D eigenvalue weighted by Gasteiger charge is 2.19. The first-order valence-electron chi connectivity index (χ1n) is 13.2. The molecular formula is C36H27N3O. The maximum atomic E-state index is 6.18. The molecule has 0 radical (unpaired) electrons. The number of furan rings is 1. The molecule has 0 unspecified atom stereocenters. The van der Waals surface area contributed by atoms with Crippen LogP contribution in [0.15, 0.2) is 138 Å². The molecule has 2 aromatic heterocycles. The lowest BCUT2D eigenvalue weighted by molar-refractivity contribution is 0.577. The SMILES string of the molecule is C=C/C=C/C=C/c1c(C)oc2cccc(-c3ccccc3-c3nc(-c4ccccc4)nc(-c4ccccc4)n3)c12. The van der Waals surface area contributed by atoms with Crippen LogP contribution in [0.3, 0.4) is 0 Å². The quantitative estimate of drug-likeness (QED) is 0.198. The molecular weight excluding hydrogens is 490 g/mol. The molecule has 4 nitrogen and oxygen atoms in total. The summed E-state index contributed by atoms with van der Waals surface area (Å²) in [6.07, 6.45) is 9.71. The van der Waals surface area contributed by atoms with E-state index in [1.807, 2.05) is 110 Å². The van der Waals surface area contributed by atoms with Crippen molar-refractivity contribution in [1.29, 1.82) is 0 Å². The molecule has 0 N–H and O–H groups in total. The van der Waals surface area contributed by atoms with E-state index < -0.39 is 0 Å². The van der Waals surface area contributed by atoms with Crippen molar-refractivity contribution in [3.05, 3.63) is 145 Å². The fraction of sp³-hybridized carbons (Fsp3) is 0.0278. The predicted octanol–water partition coefficient (Wildman–Crippen LogP) is 9.35. The fourth-order valence-electron chi connectivity index (χ4n) is 4.85. The van der Waals surface area contributed by atoms with Crippen molar-refractivity contribution in [2.45, 2.75) is 6.92 Å². The molecule has 40 heavy (non-hydrogen) atoms. The van der Waals surface area contributed by atoms with Crippen molar-refractivity contribution in [3.63, 3.8) is 0 Å². The first-order chi connectivity index (χ1) is 19.7. The van der Waals surface area contributed by atoms with E-state index in [1.165, 1.54) is 0 Å². The second-order valence-electron chi connectivity index (χ2n) is 9.31. The summed E-state index contributed by atoms with van der Waals surface area (Å²) in [5.74, 6) is 2.75. The molecule has 0 aliphatic rings. The topological polar surface area (TPSA) is 51.8 Å². The summed E-state index contributed by atoms with van der Waals surface area (Å²) >= 11 is 0. The lowest BCUT2D eigenvalue weighted by atomic mass is 9.94. The standard InChI is InChI=1S/C36H27N3O/c1-3-4-5-12-20-28-25(2)40-32-24-15-23-30(33(28)32)29-21-13-14-22-31(29)36-38-34(26-16-8-6-9-17-26)37-35(39-36)27-18-10-7-11-19-27/h3-24H,1H2,2H3/b5-4+,20-12+. The smallest absolute Gasteiger partial charge is 0.164 e. The third-order valence-corrected chi connectivity index (χ3v) is 6.72. The molecule has 4 heteroatoms. The Morgan fingerprint density at radius 2 is 1.15 bits per heavy atom. The Labute approximate surface area is 233 Å². The van der Waals surface area contributed by atoms with E-state index >= 15 is 0 Å². The number of hydrogen-bond acceptors (Lipinski definition) is 4. The van der Waals surface area contributed by atoms with Crippen LogP contribution in [0, 0.1) is 6.92 Å². The number of aryl methyl sites for hydroxylation is 1. The van der Waals surface area contributed by atoms with Gasteiger partial charge in [0.2, 0.25) is 0 Å². The van der Waals surface area contributed by atoms with E-state index in [9.17, 15) is 0 Å². The lowest BCUT2D eigenvalue weighted by Gasteiger charge is -2.13. The summed E-state index contributed by atoms with van der Waals surface area (Å²) in [5, 5.41) is 1.05. The molecule has 0 saturated carbocycles. The third kappa shape index (κ3) is 4.91. The lowest BCUT2D eigenvalue weighted by Crippen LogP contribution is -2.01. The Kier molecular flexibility index (Phi) is 6.97. The number of nitrogens with zero attached hydrogens (tertiary/aromatic N) is 3. The van der Waals surface area contributed by atoms with Gasteiger partial charge in [-0.3, -0.25) is 0 Å². The Bertz CT molecular complexity index is 1810. The number of fused-ring (bicyclic) bond motifs is 1. The average Bonchev–Trinajstić information content (AvgIpc) is 3.34. The minimum absolute atomic E-state index is 0.617. The van der Waals surface area contributed by atoms with Gasteiger partial charge in [0.15, 0.2) is 17.5 Å². The first-order valence-corrected chi connectivity index (χ1v) is 13.2. The molecule has 0 bridgehead atoms. The zero-order chi connectivity index (χ0) is 27.3. The Hall–Kier alpha value is -5.35. The second-order valence-corrected chi connectivity index (χ2v) is 9.31. The molecule has 6 aromatic rings. The monoisotopic (exact) mass is 517 g/mol. The van der Waals surface area contributed by atoms with Crippen LogP contribution < -0.4 is 0 Å². The summed E-state index contributed by atoms with van der Waals surface area (Å²) in [6.45, 7) is 5.75. The minimum atomic E-state index is 0.617. The maximum absolute atomic E-state index is 6.18. The Balaban J connectivity index is 1.58. The number of benzene rings is 4. The van der Waals surface area contributed by atoms with Crippen molar-refractivity contribution >= 4 is 17.0 Å². The molecule has 0 aliphatic carbocycles. The number of allylic oxidation sites excluding steroid dienone is 4. The molecule has 2 heterocycles. The number of rotatable bonds is 7. The van der Waals surface area contributed by atoms with Gasteiger partial charge in [-0.25, -0.2) is 15.0 Å². The predicted molar refractivity (Wildman–Crippen MR) is 164 cm³/mol. The first kappa shape index (κ1) is 25.0. The van der Waals surface area contributed by atoms with E-state index in [0.29, 0.717) is 17.5 Å². The van der Waals surface area contributed by atoms with Crippen LogP contribution in [-0.4, -0.2) is 15.0 Å². The van der Waals surface area contributed by atoms with Crippen molar-refractivity contribution < 1.29 is 4.42 Å². The molecule has 0 spiro atoms. The zero-order valence-electron chi connectivity index (χ0n) is 22.2. The molecule has 0 amide bonds. The van der Waals surface area contributed by atoms with Crippen LogP contribution >= 0.6 is 0 Å². The molecule has 6 rings (SSSR count). The number of aromatic nitrogens is 3.